The zero-order valence-electron chi connectivity index (χ0n) is 17.8. The van der Waals surface area contributed by atoms with Crippen molar-refractivity contribution in [1.29, 1.82) is 0 Å². The summed E-state index contributed by atoms with van der Waals surface area (Å²) >= 11 is 0. The Labute approximate surface area is 177 Å². The monoisotopic (exact) mass is 409 g/mol. The number of piperidine rings is 3. The SMILES string of the molecule is COC(=O)C1CCC(n2ccn(-c3ccc(C45CCN(CC4)CC5)cc3)c2=O)CC1. The number of hydrogen-bond acceptors (Lipinski definition) is 4. The fraction of sp³-hybridized carbons (Fsp3) is 0.583. The molecule has 0 atom stereocenters. The summed E-state index contributed by atoms with van der Waals surface area (Å²) in [5, 5.41) is 0. The number of aromatic nitrogens is 2. The number of benzene rings is 1. The van der Waals surface area contributed by atoms with Gasteiger partial charge in [-0.25, -0.2) is 4.79 Å². The van der Waals surface area contributed by atoms with Crippen LogP contribution in [0.5, 0.6) is 0 Å². The van der Waals surface area contributed by atoms with Crippen LogP contribution in [0.25, 0.3) is 5.69 Å². The van der Waals surface area contributed by atoms with Gasteiger partial charge < -0.3 is 9.64 Å². The average Bonchev–Trinajstić information content (AvgIpc) is 3.21. The Hall–Kier alpha value is -2.34. The molecule has 1 aromatic carbocycles. The minimum atomic E-state index is -0.124. The molecule has 3 aliphatic heterocycles. The maximum absolute atomic E-state index is 13.1. The summed E-state index contributed by atoms with van der Waals surface area (Å²) in [6.45, 7) is 3.63. The van der Waals surface area contributed by atoms with E-state index in [1.807, 2.05) is 17.0 Å². The number of esters is 1. The van der Waals surface area contributed by atoms with Gasteiger partial charge in [0.1, 0.15) is 0 Å². The molecular formula is C24H31N3O3. The minimum absolute atomic E-state index is 0.00778. The van der Waals surface area contributed by atoms with E-state index in [1.54, 1.807) is 4.57 Å². The summed E-state index contributed by atoms with van der Waals surface area (Å²) in [5.41, 5.74) is 2.70. The summed E-state index contributed by atoms with van der Waals surface area (Å²) in [6.07, 6.45) is 10.7. The van der Waals surface area contributed by atoms with Gasteiger partial charge in [-0.15, -0.1) is 0 Å². The second-order valence-corrected chi connectivity index (χ2v) is 9.31. The topological polar surface area (TPSA) is 56.5 Å². The first-order valence-corrected chi connectivity index (χ1v) is 11.3. The normalized spacial score (nSPS) is 30.9. The zero-order chi connectivity index (χ0) is 20.7. The Morgan fingerprint density at radius 1 is 0.967 bits per heavy atom. The number of carbonyl (C=O) groups excluding carboxylic acids is 1. The summed E-state index contributed by atoms with van der Waals surface area (Å²) in [6, 6.07) is 8.84. The van der Waals surface area contributed by atoms with Crippen LogP contribution in [0.3, 0.4) is 0 Å². The van der Waals surface area contributed by atoms with Crippen LogP contribution in [0.2, 0.25) is 0 Å². The lowest BCUT2D eigenvalue weighted by atomic mass is 9.67. The number of methoxy groups -OCH3 is 1. The molecule has 0 N–H and O–H groups in total. The zero-order valence-corrected chi connectivity index (χ0v) is 17.8. The molecular weight excluding hydrogens is 378 g/mol. The van der Waals surface area contributed by atoms with Crippen molar-refractivity contribution in [1.82, 2.24) is 14.0 Å². The molecule has 160 valence electrons. The van der Waals surface area contributed by atoms with E-state index < -0.39 is 0 Å². The van der Waals surface area contributed by atoms with Crippen LogP contribution in [-0.4, -0.2) is 46.7 Å². The van der Waals surface area contributed by atoms with Gasteiger partial charge in [-0.1, -0.05) is 12.1 Å². The molecule has 2 bridgehead atoms. The third-order valence-electron chi connectivity index (χ3n) is 7.91. The van der Waals surface area contributed by atoms with Gasteiger partial charge in [-0.3, -0.25) is 13.9 Å². The molecule has 0 unspecified atom stereocenters. The van der Waals surface area contributed by atoms with Crippen LogP contribution in [0.1, 0.15) is 56.6 Å². The van der Waals surface area contributed by atoms with Crippen molar-refractivity contribution in [3.8, 4) is 5.69 Å². The van der Waals surface area contributed by atoms with Crippen LogP contribution in [-0.2, 0) is 14.9 Å². The molecule has 6 nitrogen and oxygen atoms in total. The second kappa shape index (κ2) is 7.73. The third-order valence-corrected chi connectivity index (χ3v) is 7.91. The van der Waals surface area contributed by atoms with Crippen LogP contribution >= 0.6 is 0 Å². The quantitative estimate of drug-likeness (QED) is 0.728. The molecule has 1 aliphatic carbocycles. The number of rotatable bonds is 4. The molecule has 3 saturated heterocycles. The molecule has 4 fully saturated rings. The highest BCUT2D eigenvalue weighted by Crippen LogP contribution is 2.42. The molecule has 1 saturated carbocycles. The molecule has 6 rings (SSSR count). The first kappa shape index (κ1) is 19.6. The highest BCUT2D eigenvalue weighted by molar-refractivity contribution is 5.72. The fourth-order valence-electron chi connectivity index (χ4n) is 5.86. The van der Waals surface area contributed by atoms with Gasteiger partial charge in [0.15, 0.2) is 0 Å². The Balaban J connectivity index is 1.32. The smallest absolute Gasteiger partial charge is 0.332 e. The van der Waals surface area contributed by atoms with Gasteiger partial charge >= 0.3 is 11.7 Å². The van der Waals surface area contributed by atoms with E-state index >= 15 is 0 Å². The predicted octanol–water partition coefficient (Wildman–Crippen LogP) is 3.28. The first-order chi connectivity index (χ1) is 14.6. The van der Waals surface area contributed by atoms with Gasteiger partial charge in [0.25, 0.3) is 0 Å². The molecule has 30 heavy (non-hydrogen) atoms. The first-order valence-electron chi connectivity index (χ1n) is 11.3. The highest BCUT2D eigenvalue weighted by Gasteiger charge is 2.40. The molecule has 1 aromatic heterocycles. The predicted molar refractivity (Wildman–Crippen MR) is 115 cm³/mol. The fourth-order valence-corrected chi connectivity index (χ4v) is 5.86. The van der Waals surface area contributed by atoms with Crippen molar-refractivity contribution in [2.45, 2.75) is 56.4 Å². The second-order valence-electron chi connectivity index (χ2n) is 9.31. The van der Waals surface area contributed by atoms with Crippen LogP contribution in [0.4, 0.5) is 0 Å². The molecule has 0 radical (unpaired) electrons. The van der Waals surface area contributed by atoms with Gasteiger partial charge in [-0.05, 0) is 87.7 Å². The van der Waals surface area contributed by atoms with Gasteiger partial charge in [-0.2, -0.15) is 0 Å². The highest BCUT2D eigenvalue weighted by atomic mass is 16.5. The Bertz CT molecular complexity index is 945. The number of carbonyl (C=O) groups is 1. The molecule has 4 aliphatic rings. The molecule has 0 amide bonds. The number of nitrogens with zero attached hydrogens (tertiary/aromatic N) is 3. The Kier molecular flexibility index (Phi) is 5.05. The van der Waals surface area contributed by atoms with Crippen molar-refractivity contribution < 1.29 is 9.53 Å². The lowest BCUT2D eigenvalue weighted by molar-refractivity contribution is -0.146. The molecule has 4 heterocycles. The van der Waals surface area contributed by atoms with E-state index in [0.717, 1.165) is 31.4 Å². The number of hydrogen-bond donors (Lipinski definition) is 0. The van der Waals surface area contributed by atoms with Crippen LogP contribution in [0.15, 0.2) is 41.5 Å². The number of ether oxygens (including phenoxy) is 1. The van der Waals surface area contributed by atoms with E-state index in [9.17, 15) is 9.59 Å². The van der Waals surface area contributed by atoms with Crippen molar-refractivity contribution in [3.63, 3.8) is 0 Å². The maximum atomic E-state index is 13.1. The van der Waals surface area contributed by atoms with Crippen LogP contribution < -0.4 is 5.69 Å². The maximum Gasteiger partial charge on any atom is 0.332 e. The van der Waals surface area contributed by atoms with Gasteiger partial charge in [0.2, 0.25) is 0 Å². The van der Waals surface area contributed by atoms with E-state index in [1.165, 1.54) is 51.6 Å². The summed E-state index contributed by atoms with van der Waals surface area (Å²) < 4.78 is 8.47. The molecule has 6 heteroatoms. The van der Waals surface area contributed by atoms with Gasteiger partial charge in [0.05, 0.1) is 18.7 Å². The lowest BCUT2D eigenvalue weighted by Gasteiger charge is -2.48. The van der Waals surface area contributed by atoms with E-state index in [-0.39, 0.29) is 23.6 Å². The third kappa shape index (κ3) is 3.31. The largest absolute Gasteiger partial charge is 0.469 e. The van der Waals surface area contributed by atoms with E-state index in [0.29, 0.717) is 5.41 Å². The minimum Gasteiger partial charge on any atom is -0.469 e. The van der Waals surface area contributed by atoms with Crippen LogP contribution in [0, 0.1) is 5.92 Å². The average molecular weight is 410 g/mol. The summed E-state index contributed by atoms with van der Waals surface area (Å²) in [5.74, 6) is -0.149. The molecule has 2 aromatic rings. The van der Waals surface area contributed by atoms with E-state index in [4.69, 9.17) is 4.74 Å². The van der Waals surface area contributed by atoms with Crippen molar-refractivity contribution in [2.24, 2.45) is 5.92 Å². The van der Waals surface area contributed by atoms with Crippen molar-refractivity contribution >= 4 is 5.97 Å². The standard InChI is InChI=1S/C24H31N3O3/c1-30-22(28)18-2-6-20(7-3-18)26-16-17-27(23(26)29)21-8-4-19(5-9-21)24-10-13-25(14-11-24)15-12-24/h4-5,8-9,16-18,20H,2-3,6-7,10-15H2,1H3. The van der Waals surface area contributed by atoms with E-state index in [2.05, 4.69) is 29.2 Å². The Morgan fingerprint density at radius 3 is 2.20 bits per heavy atom. The number of imidazole rings is 1. The summed E-state index contributed by atoms with van der Waals surface area (Å²) in [7, 11) is 1.45. The summed E-state index contributed by atoms with van der Waals surface area (Å²) in [4.78, 5) is 27.4. The number of fused-ring (bicyclic) bond motifs is 3. The lowest BCUT2D eigenvalue weighted by Crippen LogP contribution is -2.50. The molecule has 0 spiro atoms. The van der Waals surface area contributed by atoms with Gasteiger partial charge in [0, 0.05) is 18.4 Å². The van der Waals surface area contributed by atoms with Crippen molar-refractivity contribution in [2.75, 3.05) is 26.7 Å². The Morgan fingerprint density at radius 2 is 1.60 bits per heavy atom. The van der Waals surface area contributed by atoms with Crippen molar-refractivity contribution in [3.05, 3.63) is 52.7 Å².